The van der Waals surface area contributed by atoms with Gasteiger partial charge in [-0.1, -0.05) is 12.1 Å². The smallest absolute Gasteiger partial charge is 0.263 e. The normalized spacial score (nSPS) is 13.6. The average molecular weight is 513 g/mol. The zero-order valence-electron chi connectivity index (χ0n) is 21.4. The summed E-state index contributed by atoms with van der Waals surface area (Å²) in [6.07, 6.45) is 2.90. The Balaban J connectivity index is 0.000000289. The Labute approximate surface area is 215 Å². The summed E-state index contributed by atoms with van der Waals surface area (Å²) in [5, 5.41) is 3.08. The molecular weight excluding hydrogens is 479 g/mol. The number of hydrogen-bond acceptors (Lipinski definition) is 7. The lowest BCUT2D eigenvalue weighted by molar-refractivity contribution is -0.130. The van der Waals surface area contributed by atoms with Crippen LogP contribution >= 0.6 is 0 Å². The second-order valence-electron chi connectivity index (χ2n) is 8.81. The van der Waals surface area contributed by atoms with Crippen LogP contribution in [0.1, 0.15) is 42.4 Å². The maximum Gasteiger partial charge on any atom is 0.263 e. The molecular formula is C27H33FN4O5. The Morgan fingerprint density at radius 2 is 2.03 bits per heavy atom. The third-order valence-corrected chi connectivity index (χ3v) is 6.26. The molecule has 37 heavy (non-hydrogen) atoms. The van der Waals surface area contributed by atoms with Gasteiger partial charge in [0.25, 0.3) is 5.56 Å². The second kappa shape index (κ2) is 13.5. The number of carbonyl (C=O) groups is 2. The highest BCUT2D eigenvalue weighted by Crippen LogP contribution is 2.27. The fourth-order valence-electron chi connectivity index (χ4n) is 4.24. The lowest BCUT2D eigenvalue weighted by Crippen LogP contribution is -2.37. The Kier molecular flexibility index (Phi) is 10.1. The summed E-state index contributed by atoms with van der Waals surface area (Å²) < 4.78 is 24.8. The number of likely N-dealkylation sites (tertiary alicyclic amines) is 1. The van der Waals surface area contributed by atoms with E-state index in [0.717, 1.165) is 38.2 Å². The van der Waals surface area contributed by atoms with Crippen LogP contribution in [0, 0.1) is 11.7 Å². The summed E-state index contributed by atoms with van der Waals surface area (Å²) in [6.45, 7) is 4.16. The van der Waals surface area contributed by atoms with Crippen LogP contribution in [0.2, 0.25) is 0 Å². The topological polar surface area (TPSA) is 114 Å². The molecule has 1 fully saturated rings. The number of benzene rings is 2. The summed E-state index contributed by atoms with van der Waals surface area (Å²) in [4.78, 5) is 42.4. The van der Waals surface area contributed by atoms with Gasteiger partial charge in [0.15, 0.2) is 23.7 Å². The maximum atomic E-state index is 14.2. The van der Waals surface area contributed by atoms with Crippen LogP contribution in [0.5, 0.6) is 11.5 Å². The van der Waals surface area contributed by atoms with Crippen molar-refractivity contribution < 1.29 is 23.5 Å². The Bertz CT molecular complexity index is 1270. The highest BCUT2D eigenvalue weighted by molar-refractivity contribution is 5.86. The van der Waals surface area contributed by atoms with Crippen molar-refractivity contribution in [2.75, 3.05) is 33.9 Å². The first-order valence-corrected chi connectivity index (χ1v) is 12.2. The van der Waals surface area contributed by atoms with E-state index < -0.39 is 11.4 Å². The van der Waals surface area contributed by atoms with Crippen molar-refractivity contribution in [3.05, 3.63) is 64.0 Å². The number of carbonyl (C=O) groups excluding carboxylic acids is 2. The van der Waals surface area contributed by atoms with E-state index in [9.17, 15) is 18.8 Å². The van der Waals surface area contributed by atoms with Gasteiger partial charge < -0.3 is 24.7 Å². The molecule has 1 aromatic heterocycles. The zero-order valence-corrected chi connectivity index (χ0v) is 21.4. The Morgan fingerprint density at radius 3 is 2.68 bits per heavy atom. The van der Waals surface area contributed by atoms with E-state index in [2.05, 4.69) is 21.4 Å². The van der Waals surface area contributed by atoms with Crippen molar-refractivity contribution in [1.82, 2.24) is 20.2 Å². The molecule has 0 radical (unpaired) electrons. The van der Waals surface area contributed by atoms with Crippen LogP contribution in [-0.4, -0.2) is 60.9 Å². The monoisotopic (exact) mass is 512 g/mol. The summed E-state index contributed by atoms with van der Waals surface area (Å²) in [6, 6.07) is 10.5. The maximum absolute atomic E-state index is 14.2. The first-order chi connectivity index (χ1) is 17.9. The molecule has 2 aromatic carbocycles. The number of amides is 1. The second-order valence-corrected chi connectivity index (χ2v) is 8.81. The largest absolute Gasteiger partial charge is 0.497 e. The predicted molar refractivity (Wildman–Crippen MR) is 139 cm³/mol. The first kappa shape index (κ1) is 27.8. The minimum atomic E-state index is -0.643. The summed E-state index contributed by atoms with van der Waals surface area (Å²) in [7, 11) is 3.61. The Hall–Kier alpha value is -3.79. The number of H-pyrrole nitrogens is 1. The standard InChI is InChI=1S/C18H20FN3O4.C9H13NO/c1-11(24)22-7-4-12(5-8-22)6-9-26-17-13(19)2-3-14-16(17)18(25)21-15(10-23)20-14;1-10-7-8-4-3-5-9(6-8)11-2/h2-3,10,12H,4-9H2,1H3,(H,20,21,25);3-6,10H,7H2,1-2H3. The van der Waals surface area contributed by atoms with Crippen LogP contribution in [0.25, 0.3) is 10.9 Å². The number of hydrogen-bond donors (Lipinski definition) is 2. The van der Waals surface area contributed by atoms with Crippen LogP contribution in [0.15, 0.2) is 41.2 Å². The van der Waals surface area contributed by atoms with Gasteiger partial charge in [0.2, 0.25) is 5.91 Å². The van der Waals surface area contributed by atoms with Crippen LogP contribution < -0.4 is 20.3 Å². The van der Waals surface area contributed by atoms with E-state index in [1.165, 1.54) is 17.7 Å². The first-order valence-electron chi connectivity index (χ1n) is 12.2. The molecule has 0 unspecified atom stereocenters. The molecule has 1 aliphatic heterocycles. The average Bonchev–Trinajstić information content (AvgIpc) is 2.90. The number of piperidine rings is 1. The number of aromatic amines is 1. The number of rotatable bonds is 8. The predicted octanol–water partition coefficient (Wildman–Crippen LogP) is 3.32. The molecule has 0 spiro atoms. The van der Waals surface area contributed by atoms with Gasteiger partial charge in [-0.2, -0.15) is 0 Å². The fourth-order valence-corrected chi connectivity index (χ4v) is 4.24. The van der Waals surface area contributed by atoms with E-state index in [-0.39, 0.29) is 35.0 Å². The Morgan fingerprint density at radius 1 is 1.27 bits per heavy atom. The quantitative estimate of drug-likeness (QED) is 0.445. The molecule has 0 bridgehead atoms. The number of aldehydes is 1. The molecule has 4 rings (SSSR count). The van der Waals surface area contributed by atoms with Crippen molar-refractivity contribution in [3.8, 4) is 11.5 Å². The molecule has 2 N–H and O–H groups in total. The molecule has 2 heterocycles. The number of ether oxygens (including phenoxy) is 2. The molecule has 10 heteroatoms. The van der Waals surface area contributed by atoms with E-state index in [1.54, 1.807) is 14.0 Å². The van der Waals surface area contributed by atoms with Crippen LogP contribution in [-0.2, 0) is 11.3 Å². The van der Waals surface area contributed by atoms with Gasteiger partial charge in [0, 0.05) is 26.6 Å². The molecule has 1 amide bonds. The highest BCUT2D eigenvalue weighted by atomic mass is 19.1. The lowest BCUT2D eigenvalue weighted by Gasteiger charge is -2.31. The van der Waals surface area contributed by atoms with Gasteiger partial charge in [0.05, 0.1) is 19.2 Å². The van der Waals surface area contributed by atoms with Crippen molar-refractivity contribution in [2.45, 2.75) is 32.7 Å². The fraction of sp³-hybridized carbons (Fsp3) is 0.407. The summed E-state index contributed by atoms with van der Waals surface area (Å²) in [5.41, 5.74) is 0.843. The molecule has 1 saturated heterocycles. The van der Waals surface area contributed by atoms with E-state index in [0.29, 0.717) is 18.6 Å². The van der Waals surface area contributed by atoms with Gasteiger partial charge in [-0.15, -0.1) is 0 Å². The van der Waals surface area contributed by atoms with Crippen molar-refractivity contribution in [3.63, 3.8) is 0 Å². The third kappa shape index (κ3) is 7.60. The summed E-state index contributed by atoms with van der Waals surface area (Å²) >= 11 is 0. The third-order valence-electron chi connectivity index (χ3n) is 6.26. The number of nitrogens with zero attached hydrogens (tertiary/aromatic N) is 2. The van der Waals surface area contributed by atoms with Crippen molar-refractivity contribution in [2.24, 2.45) is 5.92 Å². The van der Waals surface area contributed by atoms with Gasteiger partial charge in [-0.25, -0.2) is 9.37 Å². The lowest BCUT2D eigenvalue weighted by atomic mass is 9.94. The number of methoxy groups -OCH3 is 1. The SMILES string of the molecule is CC(=O)N1CCC(CCOc2c(F)ccc3nc(C=O)[nH]c(=O)c23)CC1.CNCc1cccc(OC)c1. The van der Waals surface area contributed by atoms with Gasteiger partial charge in [-0.3, -0.25) is 14.4 Å². The molecule has 9 nitrogen and oxygen atoms in total. The van der Waals surface area contributed by atoms with Crippen molar-refractivity contribution in [1.29, 1.82) is 0 Å². The summed E-state index contributed by atoms with van der Waals surface area (Å²) in [5.74, 6) is 0.487. The van der Waals surface area contributed by atoms with Gasteiger partial charge in [-0.05, 0) is 62.1 Å². The van der Waals surface area contributed by atoms with E-state index >= 15 is 0 Å². The molecule has 0 atom stereocenters. The molecule has 0 saturated carbocycles. The number of aromatic nitrogens is 2. The molecule has 198 valence electrons. The minimum Gasteiger partial charge on any atom is -0.497 e. The zero-order chi connectivity index (χ0) is 26.8. The molecule has 3 aromatic rings. The van der Waals surface area contributed by atoms with Gasteiger partial charge >= 0.3 is 0 Å². The van der Waals surface area contributed by atoms with Crippen molar-refractivity contribution >= 4 is 23.1 Å². The number of halogens is 1. The van der Waals surface area contributed by atoms with E-state index in [1.807, 2.05) is 30.1 Å². The van der Waals surface area contributed by atoms with Crippen LogP contribution in [0.4, 0.5) is 4.39 Å². The highest BCUT2D eigenvalue weighted by Gasteiger charge is 2.21. The molecule has 0 aliphatic carbocycles. The number of nitrogens with one attached hydrogen (secondary N) is 2. The molecule has 1 aliphatic rings. The van der Waals surface area contributed by atoms with Crippen LogP contribution in [0.3, 0.4) is 0 Å². The number of fused-ring (bicyclic) bond motifs is 1. The van der Waals surface area contributed by atoms with E-state index in [4.69, 9.17) is 9.47 Å². The minimum absolute atomic E-state index is 0.00185. The van der Waals surface area contributed by atoms with Gasteiger partial charge in [0.1, 0.15) is 11.1 Å².